The molecule has 34 heavy (non-hydrogen) atoms. The number of benzene rings is 3. The Morgan fingerprint density at radius 1 is 1.12 bits per heavy atom. The van der Waals surface area contributed by atoms with Crippen LogP contribution >= 0.6 is 0 Å². The van der Waals surface area contributed by atoms with Crippen molar-refractivity contribution in [3.8, 4) is 16.9 Å². The van der Waals surface area contributed by atoms with E-state index in [4.69, 9.17) is 14.6 Å². The third kappa shape index (κ3) is 5.65. The van der Waals surface area contributed by atoms with Gasteiger partial charge in [-0.05, 0) is 89.2 Å². The van der Waals surface area contributed by atoms with Crippen LogP contribution in [0.5, 0.6) is 5.75 Å². The second kappa shape index (κ2) is 10.8. The van der Waals surface area contributed by atoms with Crippen LogP contribution in [-0.2, 0) is 22.6 Å². The molecule has 4 rings (SSSR count). The SMILES string of the molecule is COC1CCCc2cc(-c3ccc(F)cc3COc3ccc(C(C)CCC(=O)O)cc3)ccc21. The molecule has 1 N–H and O–H groups in total. The van der Waals surface area contributed by atoms with Gasteiger partial charge < -0.3 is 14.6 Å². The van der Waals surface area contributed by atoms with Crippen LogP contribution in [0.1, 0.15) is 66.9 Å². The number of ether oxygens (including phenoxy) is 2. The second-order valence-electron chi connectivity index (χ2n) is 9.02. The van der Waals surface area contributed by atoms with Gasteiger partial charge in [0.1, 0.15) is 18.2 Å². The zero-order valence-electron chi connectivity index (χ0n) is 19.7. The quantitative estimate of drug-likeness (QED) is 0.370. The van der Waals surface area contributed by atoms with Crippen LogP contribution in [0.15, 0.2) is 60.7 Å². The first-order valence-corrected chi connectivity index (χ1v) is 11.8. The molecular weight excluding hydrogens is 431 g/mol. The lowest BCUT2D eigenvalue weighted by atomic mass is 9.86. The maximum atomic E-state index is 14.1. The number of halogens is 1. The first kappa shape index (κ1) is 24.0. The van der Waals surface area contributed by atoms with E-state index in [1.807, 2.05) is 37.3 Å². The Morgan fingerprint density at radius 3 is 2.65 bits per heavy atom. The summed E-state index contributed by atoms with van der Waals surface area (Å²) in [5, 5.41) is 8.88. The molecule has 4 nitrogen and oxygen atoms in total. The average Bonchev–Trinajstić information content (AvgIpc) is 2.85. The number of aryl methyl sites for hydroxylation is 1. The summed E-state index contributed by atoms with van der Waals surface area (Å²) in [6.45, 7) is 2.27. The van der Waals surface area contributed by atoms with Crippen molar-refractivity contribution in [1.82, 2.24) is 0 Å². The van der Waals surface area contributed by atoms with E-state index in [0.717, 1.165) is 41.5 Å². The third-order valence-corrected chi connectivity index (χ3v) is 6.70. The molecule has 0 saturated carbocycles. The molecule has 0 amide bonds. The van der Waals surface area contributed by atoms with E-state index in [2.05, 4.69) is 18.2 Å². The standard InChI is InChI=1S/C29H31FO4/c1-19(6-15-29(31)32)20-7-11-25(12-8-20)34-18-23-17-24(30)10-14-26(23)22-9-13-27-21(16-22)4-3-5-28(27)33-2/h7-14,16-17,19,28H,3-6,15,18H2,1-2H3,(H,31,32). The van der Waals surface area contributed by atoms with E-state index in [9.17, 15) is 9.18 Å². The van der Waals surface area contributed by atoms with Crippen LogP contribution in [0.25, 0.3) is 11.1 Å². The van der Waals surface area contributed by atoms with E-state index < -0.39 is 5.97 Å². The van der Waals surface area contributed by atoms with Crippen molar-refractivity contribution in [2.45, 2.75) is 57.7 Å². The highest BCUT2D eigenvalue weighted by molar-refractivity contribution is 5.69. The number of hydrogen-bond acceptors (Lipinski definition) is 3. The molecule has 178 valence electrons. The number of hydrogen-bond donors (Lipinski definition) is 1. The molecule has 3 aromatic carbocycles. The first-order chi connectivity index (χ1) is 16.4. The number of carboxylic acid groups (broad SMARTS) is 1. The molecule has 0 aliphatic heterocycles. The molecule has 0 fully saturated rings. The molecule has 3 aromatic rings. The minimum Gasteiger partial charge on any atom is -0.489 e. The molecule has 0 heterocycles. The molecule has 0 saturated heterocycles. The van der Waals surface area contributed by atoms with Crippen molar-refractivity contribution in [3.63, 3.8) is 0 Å². The summed E-state index contributed by atoms with van der Waals surface area (Å²) in [4.78, 5) is 10.8. The van der Waals surface area contributed by atoms with Gasteiger partial charge in [0, 0.05) is 13.5 Å². The fourth-order valence-corrected chi connectivity index (χ4v) is 4.71. The van der Waals surface area contributed by atoms with Gasteiger partial charge >= 0.3 is 5.97 Å². The Labute approximate surface area is 200 Å². The average molecular weight is 463 g/mol. The van der Waals surface area contributed by atoms with Gasteiger partial charge in [0.15, 0.2) is 0 Å². The fraction of sp³-hybridized carbons (Fsp3) is 0.345. The zero-order valence-corrected chi connectivity index (χ0v) is 19.7. The highest BCUT2D eigenvalue weighted by Gasteiger charge is 2.20. The van der Waals surface area contributed by atoms with E-state index in [1.54, 1.807) is 7.11 Å². The van der Waals surface area contributed by atoms with E-state index >= 15 is 0 Å². The number of carbonyl (C=O) groups is 1. The Balaban J connectivity index is 1.50. The number of methoxy groups -OCH3 is 1. The van der Waals surface area contributed by atoms with Gasteiger partial charge in [-0.15, -0.1) is 0 Å². The van der Waals surface area contributed by atoms with Crippen molar-refractivity contribution in [2.24, 2.45) is 0 Å². The number of aliphatic carboxylic acids is 1. The fourth-order valence-electron chi connectivity index (χ4n) is 4.71. The minimum absolute atomic E-state index is 0.142. The van der Waals surface area contributed by atoms with Crippen molar-refractivity contribution in [2.75, 3.05) is 7.11 Å². The summed E-state index contributed by atoms with van der Waals surface area (Å²) in [5.41, 5.74) is 6.41. The Kier molecular flexibility index (Phi) is 7.63. The summed E-state index contributed by atoms with van der Waals surface area (Å²) >= 11 is 0. The number of rotatable bonds is 9. The van der Waals surface area contributed by atoms with Gasteiger partial charge in [0.25, 0.3) is 0 Å². The topological polar surface area (TPSA) is 55.8 Å². The summed E-state index contributed by atoms with van der Waals surface area (Å²) in [5.74, 6) is -0.225. The normalized spacial score (nSPS) is 16.0. The van der Waals surface area contributed by atoms with Gasteiger partial charge in [-0.25, -0.2) is 4.39 Å². The predicted molar refractivity (Wildman–Crippen MR) is 131 cm³/mol. The van der Waals surface area contributed by atoms with Gasteiger partial charge in [0.05, 0.1) is 6.10 Å². The highest BCUT2D eigenvalue weighted by Crippen LogP contribution is 2.36. The molecule has 2 unspecified atom stereocenters. The van der Waals surface area contributed by atoms with Gasteiger partial charge in [-0.3, -0.25) is 4.79 Å². The summed E-state index contributed by atoms with van der Waals surface area (Å²) in [7, 11) is 1.76. The maximum absolute atomic E-state index is 14.1. The number of carboxylic acids is 1. The van der Waals surface area contributed by atoms with Crippen molar-refractivity contribution in [3.05, 3.63) is 88.7 Å². The Morgan fingerprint density at radius 2 is 1.91 bits per heavy atom. The minimum atomic E-state index is -0.782. The van der Waals surface area contributed by atoms with E-state index in [0.29, 0.717) is 12.2 Å². The predicted octanol–water partition coefficient (Wildman–Crippen LogP) is 7.06. The molecule has 1 aliphatic carbocycles. The van der Waals surface area contributed by atoms with Gasteiger partial charge in [0.2, 0.25) is 0 Å². The second-order valence-corrected chi connectivity index (χ2v) is 9.02. The van der Waals surface area contributed by atoms with Crippen LogP contribution in [0.2, 0.25) is 0 Å². The first-order valence-electron chi connectivity index (χ1n) is 11.8. The molecular formula is C29H31FO4. The lowest BCUT2D eigenvalue weighted by molar-refractivity contribution is -0.137. The van der Waals surface area contributed by atoms with Gasteiger partial charge in [-0.2, -0.15) is 0 Å². The maximum Gasteiger partial charge on any atom is 0.303 e. The largest absolute Gasteiger partial charge is 0.489 e. The van der Waals surface area contributed by atoms with Crippen molar-refractivity contribution >= 4 is 5.97 Å². The smallest absolute Gasteiger partial charge is 0.303 e. The lowest BCUT2D eigenvalue weighted by Gasteiger charge is -2.25. The van der Waals surface area contributed by atoms with Crippen LogP contribution in [-0.4, -0.2) is 18.2 Å². The zero-order chi connectivity index (χ0) is 24.1. The molecule has 1 aliphatic rings. The Bertz CT molecular complexity index is 1140. The molecule has 0 aromatic heterocycles. The van der Waals surface area contributed by atoms with E-state index in [1.165, 1.54) is 23.3 Å². The third-order valence-electron chi connectivity index (χ3n) is 6.70. The summed E-state index contributed by atoms with van der Waals surface area (Å²) in [6.07, 6.45) is 4.04. The molecule has 0 spiro atoms. The van der Waals surface area contributed by atoms with Crippen LogP contribution in [0.4, 0.5) is 4.39 Å². The number of fused-ring (bicyclic) bond motifs is 1. The summed E-state index contributed by atoms with van der Waals surface area (Å²) < 4.78 is 25.8. The van der Waals surface area contributed by atoms with Gasteiger partial charge in [-0.1, -0.05) is 43.3 Å². The highest BCUT2D eigenvalue weighted by atomic mass is 19.1. The Hall–Kier alpha value is -3.18. The monoisotopic (exact) mass is 462 g/mol. The molecule has 5 heteroatoms. The van der Waals surface area contributed by atoms with Crippen molar-refractivity contribution in [1.29, 1.82) is 0 Å². The lowest BCUT2D eigenvalue weighted by Crippen LogP contribution is -2.11. The van der Waals surface area contributed by atoms with Crippen molar-refractivity contribution < 1.29 is 23.8 Å². The molecule has 0 radical (unpaired) electrons. The van der Waals surface area contributed by atoms with Crippen LogP contribution < -0.4 is 4.74 Å². The van der Waals surface area contributed by atoms with Crippen LogP contribution in [0, 0.1) is 5.82 Å². The molecule has 2 atom stereocenters. The molecule has 0 bridgehead atoms. The van der Waals surface area contributed by atoms with Crippen LogP contribution in [0.3, 0.4) is 0 Å². The summed E-state index contributed by atoms with van der Waals surface area (Å²) in [6, 6.07) is 19.0. The van der Waals surface area contributed by atoms with E-state index in [-0.39, 0.29) is 30.9 Å².